The number of aliphatic hydroxyl groups is 1. The van der Waals surface area contributed by atoms with Crippen LogP contribution in [0.5, 0.6) is 0 Å². The van der Waals surface area contributed by atoms with Gasteiger partial charge in [-0.3, -0.25) is 38.4 Å². The molecule has 0 aliphatic rings. The number of amides is 8. The van der Waals surface area contributed by atoms with Crippen molar-refractivity contribution in [2.24, 2.45) is 29.4 Å². The van der Waals surface area contributed by atoms with Gasteiger partial charge in [0, 0.05) is 6.42 Å². The molecule has 0 spiro atoms. The molecule has 12 N–H and O–H groups in total. The highest BCUT2D eigenvalue weighted by atomic mass is 16.4. The van der Waals surface area contributed by atoms with Gasteiger partial charge in [-0.25, -0.2) is 4.79 Å². The first kappa shape index (κ1) is 51.4. The summed E-state index contributed by atoms with van der Waals surface area (Å²) in [5, 5.41) is 38.5. The van der Waals surface area contributed by atoms with Crippen molar-refractivity contribution in [1.82, 2.24) is 42.5 Å². The zero-order chi connectivity index (χ0) is 45.1. The second-order valence-electron chi connectivity index (χ2n) is 15.6. The molecule has 0 heterocycles. The number of aliphatic carboxylic acids is 1. The predicted octanol–water partition coefficient (Wildman–Crippen LogP) is -2.58. The molecule has 0 unspecified atom stereocenters. The number of rotatable bonds is 24. The Morgan fingerprint density at radius 1 is 0.525 bits per heavy atom. The van der Waals surface area contributed by atoms with Crippen LogP contribution in [0.3, 0.4) is 0 Å². The topological polar surface area (TPSA) is 316 Å². The van der Waals surface area contributed by atoms with Crippen molar-refractivity contribution in [3.63, 3.8) is 0 Å². The van der Waals surface area contributed by atoms with E-state index in [4.69, 9.17) is 5.73 Å². The minimum absolute atomic E-state index is 0.0168. The third kappa shape index (κ3) is 17.8. The number of nitrogens with two attached hydrogens (primary N) is 1. The van der Waals surface area contributed by atoms with Crippen LogP contribution in [0.1, 0.15) is 67.9 Å². The fraction of sp³-hybridized carbons (Fsp3) is 0.615. The second kappa shape index (κ2) is 25.0. The Balaban J connectivity index is 2.93. The zero-order valence-corrected chi connectivity index (χ0v) is 35.2. The van der Waals surface area contributed by atoms with Crippen molar-refractivity contribution in [3.05, 3.63) is 35.9 Å². The van der Waals surface area contributed by atoms with Crippen molar-refractivity contribution in [3.8, 4) is 0 Å². The number of hydrogen-bond acceptors (Lipinski definition) is 11. The highest BCUT2D eigenvalue weighted by Gasteiger charge is 2.33. The molecule has 8 amide bonds. The van der Waals surface area contributed by atoms with E-state index >= 15 is 0 Å². The van der Waals surface area contributed by atoms with Crippen molar-refractivity contribution >= 4 is 53.2 Å². The lowest BCUT2D eigenvalue weighted by Gasteiger charge is -2.27. The summed E-state index contributed by atoms with van der Waals surface area (Å²) in [7, 11) is 0. The lowest BCUT2D eigenvalue weighted by atomic mass is 9.99. The summed E-state index contributed by atoms with van der Waals surface area (Å²) in [6, 6.07) is 0.490. The van der Waals surface area contributed by atoms with Crippen LogP contribution < -0.4 is 48.3 Å². The van der Waals surface area contributed by atoms with Crippen molar-refractivity contribution in [2.45, 2.75) is 111 Å². The SMILES string of the molecule is CC(C)[C@H](NC(=O)CNC(=O)[C@@H](NC(=O)[C@@H](NC(=O)CNC(=O)[C@H](C)NC(=O)[C@H](Cc1ccccc1)NC(=O)[C@@H](NC(=O)[C@@H](N)CO)C(C)C)C(C)C)C(C)C)C(=O)O. The Bertz CT molecular complexity index is 1620. The number of aliphatic hydroxyl groups excluding tert-OH is 1. The van der Waals surface area contributed by atoms with E-state index in [9.17, 15) is 53.4 Å². The van der Waals surface area contributed by atoms with Crippen molar-refractivity contribution < 1.29 is 53.4 Å². The Hall–Kier alpha value is -5.63. The van der Waals surface area contributed by atoms with E-state index in [1.54, 1.807) is 85.7 Å². The van der Waals surface area contributed by atoms with E-state index in [0.717, 1.165) is 0 Å². The average molecular weight is 834 g/mol. The first-order valence-corrected chi connectivity index (χ1v) is 19.5. The maximum absolute atomic E-state index is 13.5. The maximum Gasteiger partial charge on any atom is 0.326 e. The van der Waals surface area contributed by atoms with Gasteiger partial charge < -0.3 is 58.5 Å². The molecule has 59 heavy (non-hydrogen) atoms. The summed E-state index contributed by atoms with van der Waals surface area (Å²) in [4.78, 5) is 115. The minimum atomic E-state index is -1.27. The Kier molecular flexibility index (Phi) is 21.8. The molecule has 1 aromatic carbocycles. The lowest BCUT2D eigenvalue weighted by Crippen LogP contribution is -2.59. The van der Waals surface area contributed by atoms with E-state index in [1.165, 1.54) is 6.92 Å². The Labute approximate surface area is 344 Å². The summed E-state index contributed by atoms with van der Waals surface area (Å²) < 4.78 is 0. The predicted molar refractivity (Wildman–Crippen MR) is 215 cm³/mol. The summed E-state index contributed by atoms with van der Waals surface area (Å²) in [5.41, 5.74) is 6.27. The molecular weight excluding hydrogens is 770 g/mol. The number of benzene rings is 1. The lowest BCUT2D eigenvalue weighted by molar-refractivity contribution is -0.143. The molecule has 7 atom stereocenters. The standard InChI is InChI=1S/C39H63N9O11/c1-19(2)29(36(55)42-17-28(51)46-32(22(7)8)39(58)59)48-38(57)30(20(3)4)45-27(50)16-41-33(52)23(9)43-35(54)26(15-24-13-11-10-12-14-24)44-37(56)31(21(5)6)47-34(53)25(40)18-49/h10-14,19-23,25-26,29-32,49H,15-18,40H2,1-9H3,(H,41,52)(H,42,55)(H,43,54)(H,44,56)(H,45,50)(H,46,51)(H,47,53)(H,48,57)(H,58,59)/t23-,25-,26-,29-,30-,31-,32-/m0/s1. The van der Waals surface area contributed by atoms with Crippen LogP contribution in [-0.4, -0.2) is 125 Å². The maximum atomic E-state index is 13.5. The fourth-order valence-corrected chi connectivity index (χ4v) is 5.45. The second-order valence-corrected chi connectivity index (χ2v) is 15.6. The van der Waals surface area contributed by atoms with E-state index in [0.29, 0.717) is 5.56 Å². The first-order valence-electron chi connectivity index (χ1n) is 19.5. The number of carboxylic acids is 1. The molecule has 1 aromatic rings. The van der Waals surface area contributed by atoms with Crippen LogP contribution in [0.4, 0.5) is 0 Å². The van der Waals surface area contributed by atoms with Gasteiger partial charge in [-0.1, -0.05) is 85.7 Å². The summed E-state index contributed by atoms with van der Waals surface area (Å²) in [5.74, 6) is -8.91. The molecule has 20 heteroatoms. The monoisotopic (exact) mass is 833 g/mol. The first-order chi connectivity index (χ1) is 27.5. The molecule has 1 rings (SSSR count). The van der Waals surface area contributed by atoms with Crippen LogP contribution >= 0.6 is 0 Å². The number of hydrogen-bond donors (Lipinski definition) is 11. The molecule has 0 aliphatic heterocycles. The highest BCUT2D eigenvalue weighted by molar-refractivity contribution is 5.97. The molecule has 0 fully saturated rings. The van der Waals surface area contributed by atoms with Crippen LogP contribution in [-0.2, 0) is 49.6 Å². The van der Waals surface area contributed by atoms with Crippen LogP contribution in [0.25, 0.3) is 0 Å². The van der Waals surface area contributed by atoms with Crippen molar-refractivity contribution in [1.29, 1.82) is 0 Å². The van der Waals surface area contributed by atoms with E-state index in [1.807, 2.05) is 0 Å². The summed E-state index contributed by atoms with van der Waals surface area (Å²) in [6.07, 6.45) is 0.0168. The van der Waals surface area contributed by atoms with Gasteiger partial charge in [-0.15, -0.1) is 0 Å². The zero-order valence-electron chi connectivity index (χ0n) is 35.2. The minimum Gasteiger partial charge on any atom is -0.480 e. The summed E-state index contributed by atoms with van der Waals surface area (Å²) >= 11 is 0. The van der Waals surface area contributed by atoms with E-state index in [2.05, 4.69) is 42.5 Å². The number of nitrogens with one attached hydrogen (secondary N) is 8. The van der Waals surface area contributed by atoms with Gasteiger partial charge in [0.25, 0.3) is 0 Å². The van der Waals surface area contributed by atoms with Crippen LogP contribution in [0.2, 0.25) is 0 Å². The summed E-state index contributed by atoms with van der Waals surface area (Å²) in [6.45, 7) is 12.7. The molecule has 0 saturated heterocycles. The average Bonchev–Trinajstić information content (AvgIpc) is 3.16. The normalized spacial score (nSPS) is 14.8. The molecule has 0 aromatic heterocycles. The van der Waals surface area contributed by atoms with Gasteiger partial charge in [-0.2, -0.15) is 0 Å². The third-order valence-electron chi connectivity index (χ3n) is 9.06. The van der Waals surface area contributed by atoms with Gasteiger partial charge >= 0.3 is 5.97 Å². The van der Waals surface area contributed by atoms with Gasteiger partial charge in [0.15, 0.2) is 0 Å². The van der Waals surface area contributed by atoms with Gasteiger partial charge in [0.05, 0.1) is 19.7 Å². The van der Waals surface area contributed by atoms with E-state index < -0.39 is 139 Å². The highest BCUT2D eigenvalue weighted by Crippen LogP contribution is 2.09. The molecule has 20 nitrogen and oxygen atoms in total. The van der Waals surface area contributed by atoms with E-state index in [-0.39, 0.29) is 6.42 Å². The molecular formula is C39H63N9O11. The molecule has 0 radical (unpaired) electrons. The molecule has 330 valence electrons. The van der Waals surface area contributed by atoms with Crippen molar-refractivity contribution in [2.75, 3.05) is 19.7 Å². The van der Waals surface area contributed by atoms with Gasteiger partial charge in [-0.05, 0) is 36.2 Å². The Morgan fingerprint density at radius 3 is 1.42 bits per heavy atom. The third-order valence-corrected chi connectivity index (χ3v) is 9.06. The Morgan fingerprint density at radius 2 is 0.949 bits per heavy atom. The number of carboxylic acid groups (broad SMARTS) is 1. The number of carbonyl (C=O) groups is 9. The molecule has 0 bridgehead atoms. The quantitative estimate of drug-likeness (QED) is 0.0512. The van der Waals surface area contributed by atoms with Crippen LogP contribution in [0.15, 0.2) is 30.3 Å². The van der Waals surface area contributed by atoms with Gasteiger partial charge in [0.2, 0.25) is 47.3 Å². The fourth-order valence-electron chi connectivity index (χ4n) is 5.45. The largest absolute Gasteiger partial charge is 0.480 e. The smallest absolute Gasteiger partial charge is 0.326 e. The molecule has 0 aliphatic carbocycles. The molecule has 0 saturated carbocycles. The van der Waals surface area contributed by atoms with Gasteiger partial charge in [0.1, 0.15) is 42.3 Å². The van der Waals surface area contributed by atoms with Crippen LogP contribution in [0, 0.1) is 23.7 Å². The number of carbonyl (C=O) groups excluding carboxylic acids is 8.